The van der Waals surface area contributed by atoms with Gasteiger partial charge < -0.3 is 10.4 Å². The fourth-order valence-corrected chi connectivity index (χ4v) is 1.63. The predicted molar refractivity (Wildman–Crippen MR) is 60.2 cm³/mol. The summed E-state index contributed by atoms with van der Waals surface area (Å²) in [5.41, 5.74) is 0.140. The van der Waals surface area contributed by atoms with Crippen molar-refractivity contribution in [3.05, 3.63) is 34.9 Å². The normalized spacial score (nSPS) is 11.6. The highest BCUT2D eigenvalue weighted by molar-refractivity contribution is 5.67. The molecule has 1 rings (SSSR count). The maximum atomic E-state index is 12.7. The van der Waals surface area contributed by atoms with E-state index < -0.39 is 17.7 Å². The highest BCUT2D eigenvalue weighted by Gasteiger charge is 2.31. The zero-order chi connectivity index (χ0) is 13.8. The van der Waals surface area contributed by atoms with Crippen LogP contribution >= 0.6 is 0 Å². The van der Waals surface area contributed by atoms with Crippen LogP contribution in [0, 0.1) is 0 Å². The molecule has 1 aromatic rings. The molecule has 18 heavy (non-hydrogen) atoms. The number of benzene rings is 1. The van der Waals surface area contributed by atoms with Gasteiger partial charge in [0.05, 0.1) is 5.56 Å². The molecule has 0 atom stereocenters. The lowest BCUT2D eigenvalue weighted by Crippen LogP contribution is -2.11. The molecule has 1 aromatic carbocycles. The van der Waals surface area contributed by atoms with Gasteiger partial charge in [-0.05, 0) is 36.7 Å². The Hall–Kier alpha value is -1.56. The van der Waals surface area contributed by atoms with Gasteiger partial charge in [-0.3, -0.25) is 4.79 Å². The van der Waals surface area contributed by atoms with Crippen LogP contribution < -0.4 is 5.32 Å². The van der Waals surface area contributed by atoms with Gasteiger partial charge >= 0.3 is 12.1 Å². The summed E-state index contributed by atoms with van der Waals surface area (Å²) in [7, 11) is 1.64. The minimum atomic E-state index is -4.41. The number of carbonyl (C=O) groups is 1. The third kappa shape index (κ3) is 4.37. The number of carboxylic acid groups (broad SMARTS) is 1. The van der Waals surface area contributed by atoms with Crippen LogP contribution in [0.5, 0.6) is 0 Å². The number of halogens is 3. The first-order valence-electron chi connectivity index (χ1n) is 5.39. The molecular formula is C12H14F3NO2. The lowest BCUT2D eigenvalue weighted by Gasteiger charge is -2.11. The van der Waals surface area contributed by atoms with E-state index in [1.54, 1.807) is 13.1 Å². The molecule has 0 unspecified atom stereocenters. The third-order valence-corrected chi connectivity index (χ3v) is 2.39. The summed E-state index contributed by atoms with van der Waals surface area (Å²) in [6, 6.07) is 3.66. The van der Waals surface area contributed by atoms with Crippen LogP contribution in [0.1, 0.15) is 23.1 Å². The molecule has 100 valence electrons. The summed E-state index contributed by atoms with van der Waals surface area (Å²) >= 11 is 0. The van der Waals surface area contributed by atoms with Crippen molar-refractivity contribution in [3.63, 3.8) is 0 Å². The van der Waals surface area contributed by atoms with Crippen molar-refractivity contribution in [3.8, 4) is 0 Å². The number of hydrogen-bond acceptors (Lipinski definition) is 2. The van der Waals surface area contributed by atoms with Crippen molar-refractivity contribution in [2.24, 2.45) is 0 Å². The lowest BCUT2D eigenvalue weighted by molar-refractivity contribution is -0.137. The maximum Gasteiger partial charge on any atom is 0.416 e. The van der Waals surface area contributed by atoms with Crippen molar-refractivity contribution in [1.82, 2.24) is 5.32 Å². The number of aliphatic carboxylic acids is 1. The molecule has 0 aromatic heterocycles. The molecule has 0 amide bonds. The van der Waals surface area contributed by atoms with Gasteiger partial charge in [0.1, 0.15) is 0 Å². The Morgan fingerprint density at radius 3 is 2.39 bits per heavy atom. The van der Waals surface area contributed by atoms with Crippen molar-refractivity contribution >= 4 is 5.97 Å². The predicted octanol–water partition coefficient (Wildman–Crippen LogP) is 2.44. The molecular weight excluding hydrogens is 247 g/mol. The number of hydrogen-bond donors (Lipinski definition) is 2. The molecule has 0 bridgehead atoms. The minimum Gasteiger partial charge on any atom is -0.481 e. The van der Waals surface area contributed by atoms with Gasteiger partial charge in [-0.2, -0.15) is 13.2 Å². The molecule has 0 radical (unpaired) electrons. The molecule has 0 aliphatic heterocycles. The van der Waals surface area contributed by atoms with Gasteiger partial charge in [-0.25, -0.2) is 0 Å². The summed E-state index contributed by atoms with van der Waals surface area (Å²) in [4.78, 5) is 10.4. The Kier molecular flexibility index (Phi) is 4.72. The summed E-state index contributed by atoms with van der Waals surface area (Å²) < 4.78 is 38.0. The SMILES string of the molecule is CNCc1cc(CCC(=O)O)cc(C(F)(F)F)c1. The standard InChI is InChI=1S/C12H14F3NO2/c1-16-7-9-4-8(2-3-11(17)18)5-10(6-9)12(13,14)15/h4-6,16H,2-3,7H2,1H3,(H,17,18). The number of alkyl halides is 3. The van der Waals surface area contributed by atoms with E-state index in [9.17, 15) is 18.0 Å². The van der Waals surface area contributed by atoms with Gasteiger partial charge in [0, 0.05) is 13.0 Å². The smallest absolute Gasteiger partial charge is 0.416 e. The van der Waals surface area contributed by atoms with Crippen molar-refractivity contribution < 1.29 is 23.1 Å². The summed E-state index contributed by atoms with van der Waals surface area (Å²) in [5.74, 6) is -1.03. The van der Waals surface area contributed by atoms with Crippen molar-refractivity contribution in [2.45, 2.75) is 25.6 Å². The van der Waals surface area contributed by atoms with Crippen LogP contribution in [0.3, 0.4) is 0 Å². The van der Waals surface area contributed by atoms with Crippen molar-refractivity contribution in [2.75, 3.05) is 7.05 Å². The van der Waals surface area contributed by atoms with Gasteiger partial charge in [0.2, 0.25) is 0 Å². The van der Waals surface area contributed by atoms with Gasteiger partial charge in [0.15, 0.2) is 0 Å². The van der Waals surface area contributed by atoms with E-state index in [-0.39, 0.29) is 12.8 Å². The van der Waals surface area contributed by atoms with Crippen LogP contribution in [-0.2, 0) is 23.9 Å². The van der Waals surface area contributed by atoms with Crippen LogP contribution in [0.2, 0.25) is 0 Å². The van der Waals surface area contributed by atoms with E-state index in [2.05, 4.69) is 5.32 Å². The maximum absolute atomic E-state index is 12.7. The first-order valence-corrected chi connectivity index (χ1v) is 5.39. The molecule has 0 heterocycles. The van der Waals surface area contributed by atoms with E-state index in [0.29, 0.717) is 17.7 Å². The average molecular weight is 261 g/mol. The Labute approximate surface area is 103 Å². The fraction of sp³-hybridized carbons (Fsp3) is 0.417. The Morgan fingerprint density at radius 2 is 1.89 bits per heavy atom. The average Bonchev–Trinajstić information content (AvgIpc) is 2.25. The Balaban J connectivity index is 3.02. The van der Waals surface area contributed by atoms with Gasteiger partial charge in [0.25, 0.3) is 0 Å². The quantitative estimate of drug-likeness (QED) is 0.856. The Bertz CT molecular complexity index is 430. The molecule has 0 aliphatic rings. The number of aryl methyl sites for hydroxylation is 1. The van der Waals surface area contributed by atoms with Crippen LogP contribution in [0.4, 0.5) is 13.2 Å². The molecule has 0 spiro atoms. The van der Waals surface area contributed by atoms with Gasteiger partial charge in [-0.1, -0.05) is 6.07 Å². The van der Waals surface area contributed by atoms with Crippen LogP contribution in [0.15, 0.2) is 18.2 Å². The second kappa shape index (κ2) is 5.86. The lowest BCUT2D eigenvalue weighted by atomic mass is 10.0. The minimum absolute atomic E-state index is 0.0932. The van der Waals surface area contributed by atoms with Crippen LogP contribution in [-0.4, -0.2) is 18.1 Å². The van der Waals surface area contributed by atoms with Crippen LogP contribution in [0.25, 0.3) is 0 Å². The zero-order valence-electron chi connectivity index (χ0n) is 9.84. The molecule has 0 saturated heterocycles. The number of nitrogens with one attached hydrogen (secondary N) is 1. The second-order valence-corrected chi connectivity index (χ2v) is 3.96. The van der Waals surface area contributed by atoms with Gasteiger partial charge in [-0.15, -0.1) is 0 Å². The third-order valence-electron chi connectivity index (χ3n) is 2.39. The summed E-state index contributed by atoms with van der Waals surface area (Å²) in [6.07, 6.45) is -4.50. The largest absolute Gasteiger partial charge is 0.481 e. The molecule has 0 aliphatic carbocycles. The van der Waals surface area contributed by atoms with E-state index in [1.165, 1.54) is 0 Å². The van der Waals surface area contributed by atoms with Crippen molar-refractivity contribution in [1.29, 1.82) is 0 Å². The Morgan fingerprint density at radius 1 is 1.28 bits per heavy atom. The molecule has 3 nitrogen and oxygen atoms in total. The van der Waals surface area contributed by atoms with E-state index in [1.807, 2.05) is 0 Å². The van der Waals surface area contributed by atoms with E-state index >= 15 is 0 Å². The highest BCUT2D eigenvalue weighted by atomic mass is 19.4. The monoisotopic (exact) mass is 261 g/mol. The topological polar surface area (TPSA) is 49.3 Å². The molecule has 2 N–H and O–H groups in total. The first kappa shape index (κ1) is 14.5. The second-order valence-electron chi connectivity index (χ2n) is 3.96. The molecule has 0 saturated carbocycles. The first-order chi connectivity index (χ1) is 8.32. The molecule has 6 heteroatoms. The summed E-state index contributed by atoms with van der Waals surface area (Å²) in [6.45, 7) is 0.310. The fourth-order valence-electron chi connectivity index (χ4n) is 1.63. The number of rotatable bonds is 5. The van der Waals surface area contributed by atoms with E-state index in [0.717, 1.165) is 12.1 Å². The summed E-state index contributed by atoms with van der Waals surface area (Å²) in [5, 5.41) is 11.3. The zero-order valence-corrected chi connectivity index (χ0v) is 9.84. The molecule has 0 fully saturated rings. The number of carboxylic acids is 1. The highest BCUT2D eigenvalue weighted by Crippen LogP contribution is 2.31. The van der Waals surface area contributed by atoms with E-state index in [4.69, 9.17) is 5.11 Å².